The van der Waals surface area contributed by atoms with Crippen LogP contribution in [-0.2, 0) is 17.1 Å². The van der Waals surface area contributed by atoms with Gasteiger partial charge in [-0.15, -0.1) is 11.8 Å². The molecule has 102 valence electrons. The van der Waals surface area contributed by atoms with Crippen LogP contribution < -0.4 is 0 Å². The number of para-hydroxylation sites is 1. The molecule has 0 aliphatic heterocycles. The van der Waals surface area contributed by atoms with Crippen LogP contribution in [0, 0.1) is 0 Å². The van der Waals surface area contributed by atoms with Crippen LogP contribution in [0.1, 0.15) is 26.0 Å². The van der Waals surface area contributed by atoms with E-state index in [9.17, 15) is 4.79 Å². The largest absolute Gasteiger partial charge is 0.480 e. The lowest BCUT2D eigenvalue weighted by Crippen LogP contribution is -2.15. The highest BCUT2D eigenvalue weighted by atomic mass is 32.2. The van der Waals surface area contributed by atoms with Gasteiger partial charge in [0.2, 0.25) is 0 Å². The number of nitrogens with zero attached hydrogens (tertiary/aromatic N) is 2. The van der Waals surface area contributed by atoms with E-state index in [4.69, 9.17) is 5.11 Å². The van der Waals surface area contributed by atoms with Crippen LogP contribution >= 0.6 is 11.8 Å². The first-order valence-corrected chi connectivity index (χ1v) is 7.51. The van der Waals surface area contributed by atoms with Crippen LogP contribution in [0.3, 0.4) is 0 Å². The summed E-state index contributed by atoms with van der Waals surface area (Å²) in [5.41, 5.74) is 2.09. The van der Waals surface area contributed by atoms with Crippen molar-refractivity contribution < 1.29 is 9.90 Å². The fourth-order valence-corrected chi connectivity index (χ4v) is 3.04. The second-order valence-electron chi connectivity index (χ2n) is 4.33. The predicted octanol–water partition coefficient (Wildman–Crippen LogP) is 3.15. The highest BCUT2D eigenvalue weighted by molar-refractivity contribution is 7.99. The second-order valence-corrected chi connectivity index (χ2v) is 5.52. The zero-order valence-electron chi connectivity index (χ0n) is 11.2. The lowest BCUT2D eigenvalue weighted by Gasteiger charge is -2.07. The number of carbonyl (C=O) groups is 1. The maximum absolute atomic E-state index is 11.0. The molecule has 0 saturated heterocycles. The zero-order chi connectivity index (χ0) is 13.8. The molecule has 0 saturated carbocycles. The Balaban J connectivity index is 2.23. The number of rotatable bonds is 6. The van der Waals surface area contributed by atoms with Crippen LogP contribution in [-0.4, -0.2) is 26.1 Å². The van der Waals surface area contributed by atoms with Gasteiger partial charge < -0.3 is 5.11 Å². The number of carboxylic acid groups (broad SMARTS) is 1. The fourth-order valence-electron chi connectivity index (χ4n) is 2.09. The van der Waals surface area contributed by atoms with E-state index in [1.54, 1.807) is 0 Å². The van der Waals surface area contributed by atoms with Crippen molar-refractivity contribution in [2.45, 2.75) is 37.8 Å². The summed E-state index contributed by atoms with van der Waals surface area (Å²) in [4.78, 5) is 11.0. The topological polar surface area (TPSA) is 55.1 Å². The first-order chi connectivity index (χ1) is 9.17. The highest BCUT2D eigenvalue weighted by Crippen LogP contribution is 2.25. The van der Waals surface area contributed by atoms with Gasteiger partial charge in [-0.1, -0.05) is 25.1 Å². The van der Waals surface area contributed by atoms with E-state index in [0.29, 0.717) is 12.2 Å². The summed E-state index contributed by atoms with van der Waals surface area (Å²) in [6.07, 6.45) is 0.631. The third-order valence-corrected chi connectivity index (χ3v) is 4.48. The lowest BCUT2D eigenvalue weighted by molar-refractivity contribution is -0.136. The summed E-state index contributed by atoms with van der Waals surface area (Å²) in [5.74, 6) is -0.107. The molecule has 2 rings (SSSR count). The molecule has 0 amide bonds. The number of hydrogen-bond donors (Lipinski definition) is 1. The molecule has 0 bridgehead atoms. The predicted molar refractivity (Wildman–Crippen MR) is 78.4 cm³/mol. The maximum atomic E-state index is 11.0. The van der Waals surface area contributed by atoms with Crippen LogP contribution in [0.15, 0.2) is 24.3 Å². The van der Waals surface area contributed by atoms with Crippen LogP contribution in [0.4, 0.5) is 0 Å². The molecule has 0 spiro atoms. The molecule has 1 aromatic carbocycles. The molecular weight excluding hydrogens is 260 g/mol. The average Bonchev–Trinajstić information content (AvgIpc) is 2.77. The van der Waals surface area contributed by atoms with Crippen LogP contribution in [0.2, 0.25) is 0 Å². The summed E-state index contributed by atoms with van der Waals surface area (Å²) in [7, 11) is 0. The van der Waals surface area contributed by atoms with Gasteiger partial charge in [-0.25, -0.2) is 0 Å². The molecule has 0 aliphatic carbocycles. The quantitative estimate of drug-likeness (QED) is 0.882. The van der Waals surface area contributed by atoms with Gasteiger partial charge in [-0.2, -0.15) is 5.10 Å². The molecule has 2 aromatic rings. The molecule has 19 heavy (non-hydrogen) atoms. The molecule has 1 aromatic heterocycles. The first-order valence-electron chi connectivity index (χ1n) is 6.46. The molecule has 4 nitrogen and oxygen atoms in total. The Kier molecular flexibility index (Phi) is 4.47. The third-order valence-electron chi connectivity index (χ3n) is 3.10. The number of carboxylic acids is 1. The lowest BCUT2D eigenvalue weighted by atomic mass is 10.2. The van der Waals surface area contributed by atoms with Crippen molar-refractivity contribution in [3.05, 3.63) is 30.0 Å². The number of fused-ring (bicyclic) bond motifs is 1. The number of hydrogen-bond acceptors (Lipinski definition) is 3. The molecule has 1 unspecified atom stereocenters. The van der Waals surface area contributed by atoms with Crippen LogP contribution in [0.25, 0.3) is 10.9 Å². The molecule has 1 heterocycles. The van der Waals surface area contributed by atoms with Crippen LogP contribution in [0.5, 0.6) is 0 Å². The monoisotopic (exact) mass is 278 g/mol. The molecule has 0 radical (unpaired) electrons. The molecular formula is C14H18N2O2S. The van der Waals surface area contributed by atoms with Gasteiger partial charge in [0.05, 0.1) is 11.2 Å². The Labute approximate surface area is 116 Å². The standard InChI is InChI=1S/C14H18N2O2S/c1-3-13(14(17)18)19-9-11-10-7-5-6-8-12(10)16(4-2)15-11/h5-8,13H,3-4,9H2,1-2H3,(H,17,18). The molecule has 5 heteroatoms. The number of thioether (sulfide) groups is 1. The first kappa shape index (κ1) is 13.9. The van der Waals surface area contributed by atoms with E-state index >= 15 is 0 Å². The number of aromatic nitrogens is 2. The van der Waals surface area contributed by atoms with Crippen molar-refractivity contribution in [2.75, 3.05) is 0 Å². The minimum Gasteiger partial charge on any atom is -0.480 e. The Morgan fingerprint density at radius 3 is 2.79 bits per heavy atom. The zero-order valence-corrected chi connectivity index (χ0v) is 12.0. The maximum Gasteiger partial charge on any atom is 0.316 e. The number of aryl methyl sites for hydroxylation is 1. The van der Waals surface area contributed by atoms with Gasteiger partial charge in [-0.05, 0) is 19.4 Å². The van der Waals surface area contributed by atoms with E-state index in [2.05, 4.69) is 18.1 Å². The summed E-state index contributed by atoms with van der Waals surface area (Å²) in [6, 6.07) is 8.09. The van der Waals surface area contributed by atoms with Crippen molar-refractivity contribution >= 4 is 28.6 Å². The molecule has 0 fully saturated rings. The Hall–Kier alpha value is -1.49. The second kappa shape index (κ2) is 6.10. The summed E-state index contributed by atoms with van der Waals surface area (Å²) < 4.78 is 1.97. The van der Waals surface area contributed by atoms with Gasteiger partial charge in [-0.3, -0.25) is 9.48 Å². The van der Waals surface area contributed by atoms with Crippen molar-refractivity contribution in [2.24, 2.45) is 0 Å². The highest BCUT2D eigenvalue weighted by Gasteiger charge is 2.17. The van der Waals surface area contributed by atoms with Crippen molar-refractivity contribution in [1.82, 2.24) is 9.78 Å². The molecule has 0 aliphatic rings. The van der Waals surface area contributed by atoms with Crippen molar-refractivity contribution in [1.29, 1.82) is 0 Å². The third kappa shape index (κ3) is 2.92. The van der Waals surface area contributed by atoms with E-state index in [-0.39, 0.29) is 5.25 Å². The summed E-state index contributed by atoms with van der Waals surface area (Å²) >= 11 is 1.45. The minimum absolute atomic E-state index is 0.356. The normalized spacial score (nSPS) is 12.7. The SMILES string of the molecule is CCC(SCc1nn(CC)c2ccccc12)C(=O)O. The fraction of sp³-hybridized carbons (Fsp3) is 0.429. The van der Waals surface area contributed by atoms with Crippen molar-refractivity contribution in [3.8, 4) is 0 Å². The molecule has 1 N–H and O–H groups in total. The number of aliphatic carboxylic acids is 1. The Morgan fingerprint density at radius 1 is 1.42 bits per heavy atom. The van der Waals surface area contributed by atoms with Crippen molar-refractivity contribution in [3.63, 3.8) is 0 Å². The summed E-state index contributed by atoms with van der Waals surface area (Å²) in [5, 5.41) is 14.4. The molecule has 1 atom stereocenters. The minimum atomic E-state index is -0.744. The van der Waals surface area contributed by atoms with E-state index in [1.165, 1.54) is 11.8 Å². The summed E-state index contributed by atoms with van der Waals surface area (Å²) in [6.45, 7) is 4.78. The van der Waals surface area contributed by atoms with Gasteiger partial charge in [0.15, 0.2) is 0 Å². The van der Waals surface area contributed by atoms with Gasteiger partial charge >= 0.3 is 5.97 Å². The van der Waals surface area contributed by atoms with E-state index in [1.807, 2.05) is 29.8 Å². The van der Waals surface area contributed by atoms with E-state index < -0.39 is 5.97 Å². The number of benzene rings is 1. The van der Waals surface area contributed by atoms with Gasteiger partial charge in [0.25, 0.3) is 0 Å². The Morgan fingerprint density at radius 2 is 2.16 bits per heavy atom. The van der Waals surface area contributed by atoms with Gasteiger partial charge in [0, 0.05) is 17.7 Å². The smallest absolute Gasteiger partial charge is 0.316 e. The van der Waals surface area contributed by atoms with Gasteiger partial charge in [0.1, 0.15) is 5.25 Å². The average molecular weight is 278 g/mol. The van der Waals surface area contributed by atoms with E-state index in [0.717, 1.165) is 23.1 Å². The Bertz CT molecular complexity index is 580.